The predicted octanol–water partition coefficient (Wildman–Crippen LogP) is 2.19. The number of hydrogen-bond donors (Lipinski definition) is 2. The lowest BCUT2D eigenvalue weighted by atomic mass is 10.2. The Hall–Kier alpha value is -0.440. The van der Waals surface area contributed by atoms with Gasteiger partial charge in [0, 0.05) is 38.3 Å². The van der Waals surface area contributed by atoms with Crippen molar-refractivity contribution in [1.82, 2.24) is 20.2 Å². The molecule has 0 saturated heterocycles. The van der Waals surface area contributed by atoms with Gasteiger partial charge in [-0.3, -0.25) is 4.99 Å². The van der Waals surface area contributed by atoms with E-state index in [1.165, 1.54) is 0 Å². The van der Waals surface area contributed by atoms with E-state index in [0.29, 0.717) is 12.5 Å². The average molecular weight is 411 g/mol. The zero-order valence-corrected chi connectivity index (χ0v) is 15.9. The van der Waals surface area contributed by atoms with Crippen LogP contribution in [0.5, 0.6) is 0 Å². The lowest BCUT2D eigenvalue weighted by molar-refractivity contribution is 0.503. The molecule has 0 spiro atoms. The van der Waals surface area contributed by atoms with Crippen molar-refractivity contribution in [3.05, 3.63) is 18.2 Å². The molecule has 0 unspecified atom stereocenters. The summed E-state index contributed by atoms with van der Waals surface area (Å²) in [6.45, 7) is 7.02. The van der Waals surface area contributed by atoms with Crippen molar-refractivity contribution in [2.75, 3.05) is 25.6 Å². The maximum atomic E-state index is 4.39. The molecule has 7 heteroatoms. The third kappa shape index (κ3) is 7.37. The van der Waals surface area contributed by atoms with Gasteiger partial charge in [0.1, 0.15) is 5.82 Å². The molecule has 0 amide bonds. The molecule has 1 aromatic rings. The Balaban J connectivity index is 0.00000361. The van der Waals surface area contributed by atoms with Crippen LogP contribution in [0.1, 0.15) is 19.7 Å². The highest BCUT2D eigenvalue weighted by atomic mass is 127. The number of rotatable bonds is 7. The van der Waals surface area contributed by atoms with Gasteiger partial charge in [-0.25, -0.2) is 4.98 Å². The van der Waals surface area contributed by atoms with E-state index in [4.69, 9.17) is 0 Å². The normalized spacial score (nSPS) is 11.3. The molecule has 116 valence electrons. The van der Waals surface area contributed by atoms with Crippen LogP contribution in [-0.2, 0) is 13.1 Å². The maximum absolute atomic E-state index is 4.39. The fourth-order valence-corrected chi connectivity index (χ4v) is 2.03. The molecule has 1 heterocycles. The first-order valence-electron chi connectivity index (χ1n) is 6.60. The van der Waals surface area contributed by atoms with E-state index in [1.807, 2.05) is 24.2 Å². The van der Waals surface area contributed by atoms with Gasteiger partial charge in [0.25, 0.3) is 0 Å². The lowest BCUT2D eigenvalue weighted by Crippen LogP contribution is -2.38. The number of halogens is 1. The highest BCUT2D eigenvalue weighted by Crippen LogP contribution is 2.03. The number of hydrogen-bond acceptors (Lipinski definition) is 3. The van der Waals surface area contributed by atoms with Crippen molar-refractivity contribution in [2.24, 2.45) is 10.9 Å². The van der Waals surface area contributed by atoms with Crippen molar-refractivity contribution in [1.29, 1.82) is 0 Å². The second-order valence-electron chi connectivity index (χ2n) is 4.74. The molecule has 0 fully saturated rings. The zero-order valence-electron chi connectivity index (χ0n) is 12.7. The molecule has 0 atom stereocenters. The Morgan fingerprint density at radius 1 is 1.45 bits per heavy atom. The molecule has 1 aromatic heterocycles. The van der Waals surface area contributed by atoms with Gasteiger partial charge in [0.15, 0.2) is 5.96 Å². The summed E-state index contributed by atoms with van der Waals surface area (Å²) in [4.78, 5) is 8.58. The second-order valence-corrected chi connectivity index (χ2v) is 5.72. The Kier molecular flexibility index (Phi) is 11.0. The van der Waals surface area contributed by atoms with E-state index in [-0.39, 0.29) is 24.0 Å². The molecule has 0 bridgehead atoms. The molecular weight excluding hydrogens is 385 g/mol. The number of guanidine groups is 1. The summed E-state index contributed by atoms with van der Waals surface area (Å²) in [5.41, 5.74) is 0. The Morgan fingerprint density at radius 2 is 2.20 bits per heavy atom. The minimum absolute atomic E-state index is 0. The Bertz CT molecular complexity index is 392. The summed E-state index contributed by atoms with van der Waals surface area (Å²) in [6.07, 6.45) is 5.98. The molecule has 0 aliphatic heterocycles. The Morgan fingerprint density at radius 3 is 2.80 bits per heavy atom. The van der Waals surface area contributed by atoms with E-state index < -0.39 is 0 Å². The highest BCUT2D eigenvalue weighted by molar-refractivity contribution is 14.0. The van der Waals surface area contributed by atoms with E-state index >= 15 is 0 Å². The van der Waals surface area contributed by atoms with Crippen LogP contribution >= 0.6 is 35.7 Å². The largest absolute Gasteiger partial charge is 0.356 e. The average Bonchev–Trinajstić information content (AvgIpc) is 2.80. The first-order chi connectivity index (χ1) is 9.17. The molecule has 2 N–H and O–H groups in total. The van der Waals surface area contributed by atoms with Gasteiger partial charge < -0.3 is 15.2 Å². The molecular formula is C13H26IN5S. The van der Waals surface area contributed by atoms with Crippen LogP contribution < -0.4 is 10.6 Å². The van der Waals surface area contributed by atoms with Crippen LogP contribution in [0.4, 0.5) is 0 Å². The minimum Gasteiger partial charge on any atom is -0.356 e. The van der Waals surface area contributed by atoms with Crippen molar-refractivity contribution < 1.29 is 0 Å². The standard InChI is InChI=1S/C13H25N5S.HI/c1-11(2)10-18-7-5-15-12(18)9-17-13(14-3)16-6-8-19-4;/h5,7,11H,6,8-10H2,1-4H3,(H2,14,16,17);1H. The van der Waals surface area contributed by atoms with Gasteiger partial charge in [-0.2, -0.15) is 11.8 Å². The fraction of sp³-hybridized carbons (Fsp3) is 0.692. The summed E-state index contributed by atoms with van der Waals surface area (Å²) < 4.78 is 2.19. The molecule has 0 aliphatic rings. The van der Waals surface area contributed by atoms with Crippen LogP contribution in [-0.4, -0.2) is 41.1 Å². The van der Waals surface area contributed by atoms with E-state index in [1.54, 1.807) is 7.05 Å². The number of aliphatic imine (C=N–C) groups is 1. The highest BCUT2D eigenvalue weighted by Gasteiger charge is 2.05. The van der Waals surface area contributed by atoms with Crippen molar-refractivity contribution in [2.45, 2.75) is 26.9 Å². The summed E-state index contributed by atoms with van der Waals surface area (Å²) >= 11 is 1.82. The number of nitrogens with zero attached hydrogens (tertiary/aromatic N) is 3. The van der Waals surface area contributed by atoms with Crippen LogP contribution in [0.25, 0.3) is 0 Å². The first-order valence-corrected chi connectivity index (χ1v) is 8.00. The van der Waals surface area contributed by atoms with Crippen molar-refractivity contribution >= 4 is 41.7 Å². The van der Waals surface area contributed by atoms with Crippen LogP contribution in [0.15, 0.2) is 17.4 Å². The number of imidazole rings is 1. The van der Waals surface area contributed by atoms with E-state index in [9.17, 15) is 0 Å². The van der Waals surface area contributed by atoms with Gasteiger partial charge in [0.05, 0.1) is 6.54 Å². The molecule has 5 nitrogen and oxygen atoms in total. The van der Waals surface area contributed by atoms with Crippen molar-refractivity contribution in [3.8, 4) is 0 Å². The smallest absolute Gasteiger partial charge is 0.191 e. The van der Waals surface area contributed by atoms with Gasteiger partial charge in [-0.05, 0) is 12.2 Å². The lowest BCUT2D eigenvalue weighted by Gasteiger charge is -2.13. The molecule has 0 saturated carbocycles. The SMILES string of the molecule is CN=C(NCCSC)NCc1nccn1CC(C)C.I. The number of nitrogens with one attached hydrogen (secondary N) is 2. The van der Waals surface area contributed by atoms with Gasteiger partial charge in [0.2, 0.25) is 0 Å². The summed E-state index contributed by atoms with van der Waals surface area (Å²) in [5.74, 6) is 3.56. The van der Waals surface area contributed by atoms with Crippen LogP contribution in [0, 0.1) is 5.92 Å². The predicted molar refractivity (Wildman–Crippen MR) is 99.1 cm³/mol. The van der Waals surface area contributed by atoms with Crippen LogP contribution in [0.2, 0.25) is 0 Å². The Labute approximate surface area is 143 Å². The summed E-state index contributed by atoms with van der Waals surface area (Å²) in [6, 6.07) is 0. The number of thioether (sulfide) groups is 1. The second kappa shape index (κ2) is 11.2. The van der Waals surface area contributed by atoms with E-state index in [0.717, 1.165) is 30.6 Å². The fourth-order valence-electron chi connectivity index (χ4n) is 1.72. The molecule has 0 aromatic carbocycles. The minimum atomic E-state index is 0. The molecule has 0 aliphatic carbocycles. The van der Waals surface area contributed by atoms with Crippen LogP contribution in [0.3, 0.4) is 0 Å². The van der Waals surface area contributed by atoms with E-state index in [2.05, 4.69) is 45.3 Å². The van der Waals surface area contributed by atoms with Crippen molar-refractivity contribution in [3.63, 3.8) is 0 Å². The summed E-state index contributed by atoms with van der Waals surface area (Å²) in [5, 5.41) is 6.56. The van der Waals surface area contributed by atoms with Gasteiger partial charge in [-0.15, -0.1) is 24.0 Å². The third-order valence-corrected chi connectivity index (χ3v) is 3.21. The van der Waals surface area contributed by atoms with Gasteiger partial charge >= 0.3 is 0 Å². The summed E-state index contributed by atoms with van der Waals surface area (Å²) in [7, 11) is 1.79. The topological polar surface area (TPSA) is 54.2 Å². The number of aromatic nitrogens is 2. The molecule has 0 radical (unpaired) electrons. The zero-order chi connectivity index (χ0) is 14.1. The first kappa shape index (κ1) is 19.6. The van der Waals surface area contributed by atoms with Gasteiger partial charge in [-0.1, -0.05) is 13.8 Å². The quantitative estimate of drug-likeness (QED) is 0.313. The third-order valence-electron chi connectivity index (χ3n) is 2.60. The molecule has 1 rings (SSSR count). The molecule has 20 heavy (non-hydrogen) atoms. The maximum Gasteiger partial charge on any atom is 0.191 e. The monoisotopic (exact) mass is 411 g/mol.